The zero-order valence-corrected chi connectivity index (χ0v) is 21.2. The van der Waals surface area contributed by atoms with Crippen LogP contribution in [0, 0.1) is 12.8 Å². The van der Waals surface area contributed by atoms with Crippen molar-refractivity contribution >= 4 is 5.91 Å². The number of aryl methyl sites for hydroxylation is 1. The van der Waals surface area contributed by atoms with Gasteiger partial charge in [0.15, 0.2) is 11.5 Å². The van der Waals surface area contributed by atoms with Crippen molar-refractivity contribution in [1.82, 2.24) is 19.8 Å². The van der Waals surface area contributed by atoms with Crippen LogP contribution in [0.25, 0.3) is 0 Å². The third-order valence-corrected chi connectivity index (χ3v) is 5.96. The van der Waals surface area contributed by atoms with Crippen LogP contribution in [0.15, 0.2) is 24.3 Å². The molecule has 9 nitrogen and oxygen atoms in total. The quantitative estimate of drug-likeness (QED) is 0.566. The minimum Gasteiger partial charge on any atom is -0.490 e. The molecule has 2 aliphatic heterocycles. The minimum absolute atomic E-state index is 0.00644. The summed E-state index contributed by atoms with van der Waals surface area (Å²) in [5.41, 5.74) is 2.74. The van der Waals surface area contributed by atoms with Gasteiger partial charge in [0.05, 0.1) is 32.6 Å². The standard InChI is InChI=1S/C26H36N4O5/c1-18(2)14-30(15-20-6-7-22-23(13-20)34-10-5-9-33-22)25(31)24-17-29(8-11-35-24)16-21-12-19(3)27-26(28-21)32-4/h6-7,12-13,18,24H,5,8-11,14-17H2,1-4H3/t24-/m1/s1. The summed E-state index contributed by atoms with van der Waals surface area (Å²) in [5, 5.41) is 0. The van der Waals surface area contributed by atoms with Crippen molar-refractivity contribution in [3.05, 3.63) is 41.2 Å². The summed E-state index contributed by atoms with van der Waals surface area (Å²) < 4.78 is 22.8. The summed E-state index contributed by atoms with van der Waals surface area (Å²) in [7, 11) is 1.56. The highest BCUT2D eigenvalue weighted by molar-refractivity contribution is 5.81. The first-order valence-electron chi connectivity index (χ1n) is 12.3. The maximum Gasteiger partial charge on any atom is 0.316 e. The molecule has 0 saturated carbocycles. The van der Waals surface area contributed by atoms with E-state index >= 15 is 0 Å². The molecule has 3 heterocycles. The Bertz CT molecular complexity index is 1020. The smallest absolute Gasteiger partial charge is 0.316 e. The number of hydrogen-bond acceptors (Lipinski definition) is 8. The van der Waals surface area contributed by atoms with Gasteiger partial charge in [0.25, 0.3) is 5.91 Å². The third kappa shape index (κ3) is 6.82. The van der Waals surface area contributed by atoms with Crippen molar-refractivity contribution in [1.29, 1.82) is 0 Å². The second-order valence-electron chi connectivity index (χ2n) is 9.53. The average Bonchev–Trinajstić information content (AvgIpc) is 3.08. The summed E-state index contributed by atoms with van der Waals surface area (Å²) in [6.07, 6.45) is 0.339. The zero-order chi connectivity index (χ0) is 24.8. The van der Waals surface area contributed by atoms with E-state index in [1.165, 1.54) is 0 Å². The topological polar surface area (TPSA) is 86.3 Å². The lowest BCUT2D eigenvalue weighted by Gasteiger charge is -2.35. The Morgan fingerprint density at radius 1 is 1.17 bits per heavy atom. The largest absolute Gasteiger partial charge is 0.490 e. The molecule has 0 N–H and O–H groups in total. The third-order valence-electron chi connectivity index (χ3n) is 5.96. The molecule has 1 aromatic carbocycles. The molecule has 0 radical (unpaired) electrons. The van der Waals surface area contributed by atoms with Crippen LogP contribution in [0.2, 0.25) is 0 Å². The predicted octanol–water partition coefficient (Wildman–Crippen LogP) is 2.84. The van der Waals surface area contributed by atoms with Gasteiger partial charge in [-0.05, 0) is 36.6 Å². The monoisotopic (exact) mass is 484 g/mol. The molecule has 4 rings (SSSR count). The number of amides is 1. The number of rotatable bonds is 8. The van der Waals surface area contributed by atoms with Gasteiger partial charge >= 0.3 is 6.01 Å². The van der Waals surface area contributed by atoms with Crippen molar-refractivity contribution in [2.24, 2.45) is 5.92 Å². The molecule has 190 valence electrons. The van der Waals surface area contributed by atoms with Crippen molar-refractivity contribution in [3.8, 4) is 17.5 Å². The van der Waals surface area contributed by atoms with Crippen molar-refractivity contribution < 1.29 is 23.7 Å². The Labute approximate surface area is 207 Å². The highest BCUT2D eigenvalue weighted by Crippen LogP contribution is 2.31. The maximum absolute atomic E-state index is 13.6. The molecule has 1 atom stereocenters. The molecule has 0 unspecified atom stereocenters. The molecule has 0 aliphatic carbocycles. The first-order chi connectivity index (χ1) is 16.9. The Morgan fingerprint density at radius 3 is 2.74 bits per heavy atom. The Balaban J connectivity index is 1.44. The van der Waals surface area contributed by atoms with Gasteiger partial charge < -0.3 is 23.8 Å². The van der Waals surface area contributed by atoms with E-state index in [9.17, 15) is 4.79 Å². The fourth-order valence-electron chi connectivity index (χ4n) is 4.40. The lowest BCUT2D eigenvalue weighted by Crippen LogP contribution is -2.51. The van der Waals surface area contributed by atoms with Gasteiger partial charge in [-0.15, -0.1) is 0 Å². The normalized spacial score (nSPS) is 18.3. The van der Waals surface area contributed by atoms with Crippen LogP contribution in [0.3, 0.4) is 0 Å². The minimum atomic E-state index is -0.521. The molecule has 1 fully saturated rings. The number of carbonyl (C=O) groups is 1. The van der Waals surface area contributed by atoms with Crippen molar-refractivity contribution in [2.45, 2.75) is 46.4 Å². The molecule has 1 aromatic heterocycles. The second-order valence-corrected chi connectivity index (χ2v) is 9.53. The number of hydrogen-bond donors (Lipinski definition) is 0. The van der Waals surface area contributed by atoms with E-state index in [1.54, 1.807) is 7.11 Å². The van der Waals surface area contributed by atoms with E-state index in [4.69, 9.17) is 18.9 Å². The Morgan fingerprint density at radius 2 is 1.97 bits per heavy atom. The highest BCUT2D eigenvalue weighted by Gasteiger charge is 2.31. The van der Waals surface area contributed by atoms with Crippen molar-refractivity contribution in [3.63, 3.8) is 0 Å². The predicted molar refractivity (Wildman–Crippen MR) is 131 cm³/mol. The van der Waals surface area contributed by atoms with E-state index < -0.39 is 6.10 Å². The highest BCUT2D eigenvalue weighted by atomic mass is 16.5. The van der Waals surface area contributed by atoms with Gasteiger partial charge in [-0.25, -0.2) is 4.98 Å². The van der Waals surface area contributed by atoms with Crippen molar-refractivity contribution in [2.75, 3.05) is 46.6 Å². The number of benzene rings is 1. The molecule has 35 heavy (non-hydrogen) atoms. The second kappa shape index (κ2) is 11.7. The first kappa shape index (κ1) is 25.2. The summed E-state index contributed by atoms with van der Waals surface area (Å²) in [6.45, 7) is 10.9. The fourth-order valence-corrected chi connectivity index (χ4v) is 4.40. The van der Waals surface area contributed by atoms with E-state index in [2.05, 4.69) is 28.7 Å². The van der Waals surface area contributed by atoms with E-state index in [-0.39, 0.29) is 5.91 Å². The Kier molecular flexibility index (Phi) is 8.41. The van der Waals surface area contributed by atoms with Crippen LogP contribution in [0.4, 0.5) is 0 Å². The van der Waals surface area contributed by atoms with Crippen LogP contribution in [0.1, 0.15) is 37.2 Å². The lowest BCUT2D eigenvalue weighted by atomic mass is 10.1. The molecule has 2 aromatic rings. The van der Waals surface area contributed by atoms with E-state index in [0.29, 0.717) is 57.9 Å². The van der Waals surface area contributed by atoms with Gasteiger partial charge in [0, 0.05) is 44.8 Å². The molecule has 2 aliphatic rings. The summed E-state index contributed by atoms with van der Waals surface area (Å²) in [6, 6.07) is 8.24. The summed E-state index contributed by atoms with van der Waals surface area (Å²) in [4.78, 5) is 26.4. The van der Waals surface area contributed by atoms with Gasteiger partial charge in [-0.2, -0.15) is 4.98 Å². The number of methoxy groups -OCH3 is 1. The number of aromatic nitrogens is 2. The van der Waals surface area contributed by atoms with Gasteiger partial charge in [-0.1, -0.05) is 19.9 Å². The fraction of sp³-hybridized carbons (Fsp3) is 0.577. The molecule has 0 spiro atoms. The molecular weight excluding hydrogens is 448 g/mol. The van der Waals surface area contributed by atoms with Crippen LogP contribution in [0.5, 0.6) is 17.5 Å². The number of morpholine rings is 1. The Hall–Kier alpha value is -2.91. The summed E-state index contributed by atoms with van der Waals surface area (Å²) >= 11 is 0. The maximum atomic E-state index is 13.6. The first-order valence-corrected chi connectivity index (χ1v) is 12.3. The number of nitrogens with zero attached hydrogens (tertiary/aromatic N) is 4. The van der Waals surface area contributed by atoms with Gasteiger partial charge in [0.2, 0.25) is 0 Å². The zero-order valence-electron chi connectivity index (χ0n) is 21.2. The molecule has 1 saturated heterocycles. The SMILES string of the molecule is COc1nc(C)cc(CN2CCO[C@@H](C(=O)N(Cc3ccc4c(c3)OCCCO4)CC(C)C)C2)n1. The van der Waals surface area contributed by atoms with E-state index in [0.717, 1.165) is 41.4 Å². The molecule has 0 bridgehead atoms. The van der Waals surface area contributed by atoms with Gasteiger partial charge in [0.1, 0.15) is 6.10 Å². The van der Waals surface area contributed by atoms with Crippen LogP contribution in [-0.4, -0.2) is 78.3 Å². The van der Waals surface area contributed by atoms with Crippen LogP contribution in [-0.2, 0) is 22.6 Å². The number of fused-ring (bicyclic) bond motifs is 1. The number of carbonyl (C=O) groups excluding carboxylic acids is 1. The average molecular weight is 485 g/mol. The molecular formula is C26H36N4O5. The van der Waals surface area contributed by atoms with Crippen LogP contribution >= 0.6 is 0 Å². The van der Waals surface area contributed by atoms with E-state index in [1.807, 2.05) is 36.1 Å². The summed E-state index contributed by atoms with van der Waals surface area (Å²) in [5.74, 6) is 1.84. The molecule has 9 heteroatoms. The van der Waals surface area contributed by atoms with Crippen LogP contribution < -0.4 is 14.2 Å². The molecule has 1 amide bonds. The number of ether oxygens (including phenoxy) is 4. The lowest BCUT2D eigenvalue weighted by molar-refractivity contribution is -0.151. The van der Waals surface area contributed by atoms with Gasteiger partial charge in [-0.3, -0.25) is 9.69 Å².